The summed E-state index contributed by atoms with van der Waals surface area (Å²) in [4.78, 5) is 4.91. The Morgan fingerprint density at radius 2 is 2.67 bits per heavy atom. The average molecular weight is 237 g/mol. The van der Waals surface area contributed by atoms with Crippen LogP contribution in [0.4, 0.5) is 0 Å². The molecular formula is C5H9BINO. The zero-order valence-corrected chi connectivity index (χ0v) is 7.51. The van der Waals surface area contributed by atoms with Gasteiger partial charge in [-0.1, -0.05) is 0 Å². The fourth-order valence-electron chi connectivity index (χ4n) is 0.412. The Labute approximate surface area is 70.0 Å². The molecule has 9 heavy (non-hydrogen) atoms. The third kappa shape index (κ3) is 4.65. The molecule has 4 heteroatoms. The van der Waals surface area contributed by atoms with E-state index in [0.717, 1.165) is 12.1 Å². The van der Waals surface area contributed by atoms with Crippen molar-refractivity contribution in [1.82, 2.24) is 3.69 Å². The standard InChI is InChI=1S/C5H9BINO/c1-3-4-5(6-2)9-8-7/h4,8H,2-3H2,1H3/b5-4+. The molecule has 0 aliphatic heterocycles. The van der Waals surface area contributed by atoms with Gasteiger partial charge in [-0.05, 0) is 0 Å². The molecule has 0 aliphatic rings. The molecule has 50 valence electrons. The fourth-order valence-corrected chi connectivity index (χ4v) is 0.667. The Hall–Kier alpha value is 0.165. The summed E-state index contributed by atoms with van der Waals surface area (Å²) in [5, 5.41) is 0. The maximum absolute atomic E-state index is 4.91. The minimum atomic E-state index is 0.770. The van der Waals surface area contributed by atoms with Gasteiger partial charge in [0, 0.05) is 0 Å². The molecule has 0 radical (unpaired) electrons. The molecule has 0 heterocycles. The second-order valence-corrected chi connectivity index (χ2v) is 1.84. The maximum atomic E-state index is 4.91. The number of rotatable bonds is 4. The van der Waals surface area contributed by atoms with Crippen LogP contribution in [0.2, 0.25) is 0 Å². The van der Waals surface area contributed by atoms with Crippen LogP contribution in [0.15, 0.2) is 11.7 Å². The van der Waals surface area contributed by atoms with Gasteiger partial charge >= 0.3 is 69.9 Å². The van der Waals surface area contributed by atoms with Gasteiger partial charge in [0.15, 0.2) is 0 Å². The topological polar surface area (TPSA) is 21.3 Å². The van der Waals surface area contributed by atoms with Crippen LogP contribution in [-0.2, 0) is 4.84 Å². The molecule has 0 aromatic carbocycles. The predicted molar refractivity (Wildman–Crippen MR) is 49.5 cm³/mol. The normalized spacial score (nSPS) is 10.7. The van der Waals surface area contributed by atoms with Gasteiger partial charge in [-0.25, -0.2) is 0 Å². The summed E-state index contributed by atoms with van der Waals surface area (Å²) >= 11 is 1.90. The Morgan fingerprint density at radius 3 is 3.00 bits per heavy atom. The van der Waals surface area contributed by atoms with Crippen LogP contribution < -0.4 is 3.69 Å². The predicted octanol–water partition coefficient (Wildman–Crippen LogP) is 1.25. The van der Waals surface area contributed by atoms with Crippen LogP contribution in [0.3, 0.4) is 0 Å². The molecule has 0 unspecified atom stereocenters. The number of hydrogen-bond donors (Lipinski definition) is 1. The van der Waals surface area contributed by atoms with Crippen LogP contribution in [-0.4, -0.2) is 13.4 Å². The molecule has 1 N–H and O–H groups in total. The zero-order valence-electron chi connectivity index (χ0n) is 5.36. The third-order valence-electron chi connectivity index (χ3n) is 0.763. The van der Waals surface area contributed by atoms with Crippen molar-refractivity contribution in [2.45, 2.75) is 13.3 Å². The summed E-state index contributed by atoms with van der Waals surface area (Å²) < 4.78 is 2.53. The molecular weight excluding hydrogens is 228 g/mol. The van der Waals surface area contributed by atoms with Gasteiger partial charge in [0.05, 0.1) is 0 Å². The van der Waals surface area contributed by atoms with E-state index in [-0.39, 0.29) is 0 Å². The van der Waals surface area contributed by atoms with E-state index >= 15 is 0 Å². The number of halogens is 1. The third-order valence-corrected chi connectivity index (χ3v) is 0.983. The van der Waals surface area contributed by atoms with E-state index in [4.69, 9.17) is 4.84 Å². The summed E-state index contributed by atoms with van der Waals surface area (Å²) in [7, 11) is 0. The first-order valence-corrected chi connectivity index (χ1v) is 3.78. The molecule has 0 saturated heterocycles. The van der Waals surface area contributed by atoms with Gasteiger partial charge in [0.25, 0.3) is 0 Å². The van der Waals surface area contributed by atoms with E-state index in [2.05, 4.69) is 10.2 Å². The first-order valence-electron chi connectivity index (χ1n) is 2.70. The van der Waals surface area contributed by atoms with E-state index in [1.54, 1.807) is 6.92 Å². The Kier molecular flexibility index (Phi) is 6.40. The van der Waals surface area contributed by atoms with Crippen molar-refractivity contribution in [3.63, 3.8) is 0 Å². The van der Waals surface area contributed by atoms with Crippen LogP contribution in [0.1, 0.15) is 13.3 Å². The van der Waals surface area contributed by atoms with E-state index in [1.807, 2.05) is 35.9 Å². The van der Waals surface area contributed by atoms with Gasteiger partial charge in [0.1, 0.15) is 0 Å². The van der Waals surface area contributed by atoms with E-state index in [1.165, 1.54) is 0 Å². The molecule has 0 rings (SSSR count). The molecule has 0 amide bonds. The molecule has 0 aromatic rings. The molecule has 0 spiro atoms. The Morgan fingerprint density at radius 1 is 2.00 bits per heavy atom. The summed E-state index contributed by atoms with van der Waals surface area (Å²) in [6.07, 6.45) is 2.90. The van der Waals surface area contributed by atoms with Crippen molar-refractivity contribution in [3.8, 4) is 0 Å². The van der Waals surface area contributed by atoms with E-state index in [9.17, 15) is 0 Å². The molecule has 0 atom stereocenters. The SMILES string of the molecule is C=B/C(=C\CC)ONI. The second kappa shape index (κ2) is 6.29. The molecule has 0 bridgehead atoms. The van der Waals surface area contributed by atoms with E-state index < -0.39 is 0 Å². The first-order chi connectivity index (χ1) is 4.35. The van der Waals surface area contributed by atoms with Gasteiger partial charge in [-0.15, -0.1) is 0 Å². The summed E-state index contributed by atoms with van der Waals surface area (Å²) in [6, 6.07) is 0. The molecule has 0 saturated carbocycles. The van der Waals surface area contributed by atoms with Crippen LogP contribution in [0.5, 0.6) is 0 Å². The van der Waals surface area contributed by atoms with Crippen molar-refractivity contribution < 1.29 is 4.84 Å². The number of allylic oxidation sites excluding steroid dienone is 1. The number of hydrogen-bond acceptors (Lipinski definition) is 2. The van der Waals surface area contributed by atoms with Gasteiger partial charge < -0.3 is 0 Å². The van der Waals surface area contributed by atoms with Gasteiger partial charge in [-0.3, -0.25) is 0 Å². The summed E-state index contributed by atoms with van der Waals surface area (Å²) in [5.74, 6) is 0. The first kappa shape index (κ1) is 9.16. The second-order valence-electron chi connectivity index (χ2n) is 1.40. The minimum absolute atomic E-state index is 0.770. The van der Waals surface area contributed by atoms with Crippen molar-refractivity contribution in [1.29, 1.82) is 0 Å². The quantitative estimate of drug-likeness (QED) is 0.261. The van der Waals surface area contributed by atoms with Crippen molar-refractivity contribution in [2.75, 3.05) is 0 Å². The van der Waals surface area contributed by atoms with Gasteiger partial charge in [0.2, 0.25) is 0 Å². The van der Waals surface area contributed by atoms with Crippen molar-refractivity contribution >= 4 is 36.3 Å². The Balaban J connectivity index is 3.66. The van der Waals surface area contributed by atoms with Crippen LogP contribution >= 0.6 is 22.9 Å². The van der Waals surface area contributed by atoms with Crippen molar-refractivity contribution in [2.24, 2.45) is 0 Å². The van der Waals surface area contributed by atoms with E-state index in [0.29, 0.717) is 0 Å². The zero-order chi connectivity index (χ0) is 7.11. The number of nitrogens with one attached hydrogen (secondary N) is 1. The molecule has 0 aliphatic carbocycles. The van der Waals surface area contributed by atoms with Gasteiger partial charge in [-0.2, -0.15) is 0 Å². The summed E-state index contributed by atoms with van der Waals surface area (Å²) in [6.45, 7) is 7.27. The molecule has 0 fully saturated rings. The molecule has 2 nitrogen and oxygen atoms in total. The Bertz CT molecular complexity index is 116. The summed E-state index contributed by atoms with van der Waals surface area (Å²) in [5.41, 5.74) is 0.770. The van der Waals surface area contributed by atoms with Crippen molar-refractivity contribution in [3.05, 3.63) is 11.7 Å². The van der Waals surface area contributed by atoms with Crippen LogP contribution in [0.25, 0.3) is 0 Å². The van der Waals surface area contributed by atoms with Crippen LogP contribution in [0, 0.1) is 0 Å². The fraction of sp³-hybridized carbons (Fsp3) is 0.400. The molecule has 0 aromatic heterocycles. The monoisotopic (exact) mass is 237 g/mol. The average Bonchev–Trinajstić information content (AvgIpc) is 1.88.